The number of rotatable bonds is 4. The van der Waals surface area contributed by atoms with Crippen molar-refractivity contribution in [3.8, 4) is 0 Å². The Balaban J connectivity index is 2.69. The van der Waals surface area contributed by atoms with E-state index in [0.29, 0.717) is 0 Å². The van der Waals surface area contributed by atoms with E-state index < -0.39 is 4.51 Å². The second-order valence-corrected chi connectivity index (χ2v) is 4.54. The number of benzene rings is 1. The highest BCUT2D eigenvalue weighted by Crippen LogP contribution is 2.33. The lowest BCUT2D eigenvalue weighted by atomic mass is 10.0. The largest absolute Gasteiger partial charge is 0.375 e. The molecule has 2 heteroatoms. The molecule has 0 spiro atoms. The van der Waals surface area contributed by atoms with Gasteiger partial charge in [0.25, 0.3) is 0 Å². The lowest BCUT2D eigenvalue weighted by Crippen LogP contribution is -2.16. The van der Waals surface area contributed by atoms with Crippen LogP contribution < -0.4 is 0 Å². The summed E-state index contributed by atoms with van der Waals surface area (Å²) in [6.45, 7) is 2.12. The average Bonchev–Trinajstić information content (AvgIpc) is 2.16. The summed E-state index contributed by atoms with van der Waals surface area (Å²) in [6, 6.07) is 9.70. The molecule has 1 atom stereocenters. The Labute approximate surface area is 87.9 Å². The minimum atomic E-state index is -0.843. The van der Waals surface area contributed by atoms with Crippen LogP contribution in [0.4, 0.5) is 0 Å². The predicted molar refractivity (Wildman–Crippen MR) is 58.8 cm³/mol. The van der Waals surface area contributed by atoms with Gasteiger partial charge in [0.15, 0.2) is 0 Å². The van der Waals surface area contributed by atoms with Gasteiger partial charge in [-0.2, -0.15) is 0 Å². The lowest BCUT2D eigenvalue weighted by Gasteiger charge is -2.21. The normalized spacial score (nSPS) is 15.3. The third kappa shape index (κ3) is 3.12. The van der Waals surface area contributed by atoms with Crippen molar-refractivity contribution in [2.24, 2.45) is 0 Å². The maximum absolute atomic E-state index is 10.0. The lowest BCUT2D eigenvalue weighted by molar-refractivity contribution is 0.132. The Morgan fingerprint density at radius 3 is 2.46 bits per heavy atom. The first kappa shape index (κ1) is 10.7. The zero-order chi connectivity index (χ0) is 9.73. The minimum Gasteiger partial charge on any atom is -0.375 e. The van der Waals surface area contributed by atoms with Crippen LogP contribution in [0.5, 0.6) is 0 Å². The molecule has 0 heterocycles. The molecule has 0 radical (unpaired) electrons. The number of alkyl halides is 1. The van der Waals surface area contributed by atoms with Gasteiger partial charge >= 0.3 is 0 Å². The SMILES string of the molecule is CCCCC(O)(Br)c1ccccc1. The van der Waals surface area contributed by atoms with Crippen molar-refractivity contribution in [1.82, 2.24) is 0 Å². The van der Waals surface area contributed by atoms with E-state index >= 15 is 0 Å². The highest BCUT2D eigenvalue weighted by molar-refractivity contribution is 9.09. The summed E-state index contributed by atoms with van der Waals surface area (Å²) in [7, 11) is 0. The van der Waals surface area contributed by atoms with Crippen LogP contribution in [0.3, 0.4) is 0 Å². The van der Waals surface area contributed by atoms with E-state index in [4.69, 9.17) is 0 Å². The Bertz CT molecular complexity index is 244. The zero-order valence-electron chi connectivity index (χ0n) is 7.83. The number of halogens is 1. The van der Waals surface area contributed by atoms with E-state index in [1.165, 1.54) is 0 Å². The quantitative estimate of drug-likeness (QED) is 0.803. The monoisotopic (exact) mass is 242 g/mol. The van der Waals surface area contributed by atoms with Crippen molar-refractivity contribution >= 4 is 15.9 Å². The molecule has 1 aromatic carbocycles. The van der Waals surface area contributed by atoms with E-state index in [1.807, 2.05) is 30.3 Å². The molecule has 0 aliphatic carbocycles. The fourth-order valence-corrected chi connectivity index (χ4v) is 1.79. The molecule has 1 unspecified atom stereocenters. The van der Waals surface area contributed by atoms with Gasteiger partial charge < -0.3 is 5.11 Å². The molecule has 0 fully saturated rings. The van der Waals surface area contributed by atoms with Crippen LogP contribution in [-0.2, 0) is 4.51 Å². The number of hydrogen-bond acceptors (Lipinski definition) is 1. The number of aliphatic hydroxyl groups is 1. The highest BCUT2D eigenvalue weighted by atomic mass is 79.9. The summed E-state index contributed by atoms with van der Waals surface area (Å²) in [5.74, 6) is 0. The molecule has 1 aromatic rings. The van der Waals surface area contributed by atoms with Gasteiger partial charge in [0.05, 0.1) is 0 Å². The van der Waals surface area contributed by atoms with Crippen LogP contribution >= 0.6 is 15.9 Å². The van der Waals surface area contributed by atoms with Crippen molar-refractivity contribution in [3.63, 3.8) is 0 Å². The molecular formula is C11H15BrO. The van der Waals surface area contributed by atoms with Gasteiger partial charge in [0.1, 0.15) is 4.51 Å². The molecule has 0 saturated carbocycles. The number of unbranched alkanes of at least 4 members (excludes halogenated alkanes) is 1. The third-order valence-corrected chi connectivity index (χ3v) is 2.93. The van der Waals surface area contributed by atoms with E-state index in [9.17, 15) is 5.11 Å². The second kappa shape index (κ2) is 4.77. The first-order valence-corrected chi connectivity index (χ1v) is 5.43. The summed E-state index contributed by atoms with van der Waals surface area (Å²) < 4.78 is -0.843. The zero-order valence-corrected chi connectivity index (χ0v) is 9.42. The second-order valence-electron chi connectivity index (χ2n) is 3.23. The fraction of sp³-hybridized carbons (Fsp3) is 0.455. The van der Waals surface area contributed by atoms with Crippen LogP contribution in [0.15, 0.2) is 30.3 Å². The van der Waals surface area contributed by atoms with Crippen molar-refractivity contribution < 1.29 is 5.11 Å². The molecular weight excluding hydrogens is 228 g/mol. The van der Waals surface area contributed by atoms with Crippen LogP contribution in [0.1, 0.15) is 31.7 Å². The predicted octanol–water partition coefficient (Wildman–Crippen LogP) is 3.42. The average molecular weight is 243 g/mol. The molecule has 0 amide bonds. The van der Waals surface area contributed by atoms with Crippen LogP contribution in [0, 0.1) is 0 Å². The standard InChI is InChI=1S/C11H15BrO/c1-2-3-9-11(12,13)10-7-5-4-6-8-10/h4-8,13H,2-3,9H2,1H3. The van der Waals surface area contributed by atoms with Gasteiger partial charge in [-0.05, 0) is 34.3 Å². The van der Waals surface area contributed by atoms with E-state index in [2.05, 4.69) is 22.9 Å². The maximum Gasteiger partial charge on any atom is 0.144 e. The number of hydrogen-bond donors (Lipinski definition) is 1. The molecule has 72 valence electrons. The van der Waals surface area contributed by atoms with Crippen molar-refractivity contribution in [1.29, 1.82) is 0 Å². The Morgan fingerprint density at radius 1 is 1.31 bits per heavy atom. The van der Waals surface area contributed by atoms with Crippen molar-refractivity contribution in [3.05, 3.63) is 35.9 Å². The molecule has 0 saturated heterocycles. The summed E-state index contributed by atoms with van der Waals surface area (Å²) in [5.41, 5.74) is 0.934. The van der Waals surface area contributed by atoms with Crippen molar-refractivity contribution in [2.75, 3.05) is 0 Å². The van der Waals surface area contributed by atoms with Crippen LogP contribution in [0.2, 0.25) is 0 Å². The van der Waals surface area contributed by atoms with Crippen LogP contribution in [0.25, 0.3) is 0 Å². The Morgan fingerprint density at radius 2 is 1.92 bits per heavy atom. The highest BCUT2D eigenvalue weighted by Gasteiger charge is 2.23. The summed E-state index contributed by atoms with van der Waals surface area (Å²) in [6.07, 6.45) is 2.88. The molecule has 13 heavy (non-hydrogen) atoms. The van der Waals surface area contributed by atoms with Gasteiger partial charge in [-0.1, -0.05) is 43.7 Å². The Hall–Kier alpha value is -0.340. The minimum absolute atomic E-state index is 0.757. The topological polar surface area (TPSA) is 20.2 Å². The molecule has 0 aliphatic rings. The fourth-order valence-electron chi connectivity index (χ4n) is 1.25. The molecule has 0 aliphatic heterocycles. The maximum atomic E-state index is 10.0. The van der Waals surface area contributed by atoms with Crippen molar-refractivity contribution in [2.45, 2.75) is 30.7 Å². The van der Waals surface area contributed by atoms with E-state index in [0.717, 1.165) is 24.8 Å². The summed E-state index contributed by atoms with van der Waals surface area (Å²) >= 11 is 3.35. The van der Waals surface area contributed by atoms with Gasteiger partial charge in [0.2, 0.25) is 0 Å². The third-order valence-electron chi connectivity index (χ3n) is 2.08. The van der Waals surface area contributed by atoms with Gasteiger partial charge in [-0.3, -0.25) is 0 Å². The first-order chi connectivity index (χ1) is 6.17. The molecule has 0 aromatic heterocycles. The molecule has 1 N–H and O–H groups in total. The Kier molecular flexibility index (Phi) is 3.94. The van der Waals surface area contributed by atoms with E-state index in [1.54, 1.807) is 0 Å². The van der Waals surface area contributed by atoms with Gasteiger partial charge in [0, 0.05) is 0 Å². The van der Waals surface area contributed by atoms with Crippen LogP contribution in [-0.4, -0.2) is 5.11 Å². The molecule has 1 rings (SSSR count). The summed E-state index contributed by atoms with van der Waals surface area (Å²) in [5, 5.41) is 10.0. The smallest absolute Gasteiger partial charge is 0.144 e. The molecule has 0 bridgehead atoms. The van der Waals surface area contributed by atoms with Gasteiger partial charge in [-0.25, -0.2) is 0 Å². The summed E-state index contributed by atoms with van der Waals surface area (Å²) in [4.78, 5) is 0. The van der Waals surface area contributed by atoms with E-state index in [-0.39, 0.29) is 0 Å². The molecule has 1 nitrogen and oxygen atoms in total. The first-order valence-electron chi connectivity index (χ1n) is 4.63. The van der Waals surface area contributed by atoms with Gasteiger partial charge in [-0.15, -0.1) is 0 Å².